The Morgan fingerprint density at radius 2 is 1.65 bits per heavy atom. The summed E-state index contributed by atoms with van der Waals surface area (Å²) in [6.07, 6.45) is 0. The average Bonchev–Trinajstić information content (AvgIpc) is 2.43. The van der Waals surface area contributed by atoms with Crippen molar-refractivity contribution in [3.8, 4) is 23.0 Å². The minimum absolute atomic E-state index is 0.206. The molecule has 0 atom stereocenters. The minimum Gasteiger partial charge on any atom is -0.507 e. The highest BCUT2D eigenvalue weighted by Gasteiger charge is 2.19. The zero-order chi connectivity index (χ0) is 14.9. The van der Waals surface area contributed by atoms with E-state index in [4.69, 9.17) is 19.3 Å². The quantitative estimate of drug-likeness (QED) is 0.892. The molecule has 6 heteroatoms. The molecule has 6 nitrogen and oxygen atoms in total. The Balaban J connectivity index is 2.89. The first kappa shape index (κ1) is 13.8. The van der Waals surface area contributed by atoms with Gasteiger partial charge in [0.2, 0.25) is 5.75 Å². The summed E-state index contributed by atoms with van der Waals surface area (Å²) in [4.78, 5) is 11.1. The molecule has 2 rings (SSSR count). The van der Waals surface area contributed by atoms with E-state index in [-0.39, 0.29) is 11.3 Å². The van der Waals surface area contributed by atoms with Crippen molar-refractivity contribution in [2.45, 2.75) is 0 Å². The third-order valence-corrected chi connectivity index (χ3v) is 2.99. The largest absolute Gasteiger partial charge is 0.507 e. The number of ether oxygens (including phenoxy) is 3. The molecule has 0 unspecified atom stereocenters. The number of benzene rings is 2. The second-order valence-corrected chi connectivity index (χ2v) is 4.04. The Morgan fingerprint density at radius 3 is 2.15 bits per heavy atom. The van der Waals surface area contributed by atoms with Crippen molar-refractivity contribution in [1.29, 1.82) is 0 Å². The first-order valence-corrected chi connectivity index (χ1v) is 5.72. The van der Waals surface area contributed by atoms with Crippen molar-refractivity contribution in [2.24, 2.45) is 0 Å². The number of methoxy groups -OCH3 is 3. The second kappa shape index (κ2) is 5.16. The third kappa shape index (κ3) is 2.05. The van der Waals surface area contributed by atoms with Gasteiger partial charge in [-0.2, -0.15) is 0 Å². The average molecular weight is 278 g/mol. The number of rotatable bonds is 4. The van der Waals surface area contributed by atoms with Gasteiger partial charge >= 0.3 is 5.97 Å². The summed E-state index contributed by atoms with van der Waals surface area (Å²) in [5, 5.41) is 19.9. The number of hydrogen-bond donors (Lipinski definition) is 2. The molecular weight excluding hydrogens is 264 g/mol. The number of phenols is 1. The first-order chi connectivity index (χ1) is 9.53. The van der Waals surface area contributed by atoms with Gasteiger partial charge in [0.15, 0.2) is 11.5 Å². The number of aromatic carboxylic acids is 1. The van der Waals surface area contributed by atoms with Gasteiger partial charge in [-0.05, 0) is 23.6 Å². The summed E-state index contributed by atoms with van der Waals surface area (Å²) >= 11 is 0. The monoisotopic (exact) mass is 278 g/mol. The first-order valence-electron chi connectivity index (χ1n) is 5.72. The smallest absolute Gasteiger partial charge is 0.339 e. The lowest BCUT2D eigenvalue weighted by atomic mass is 10.0. The van der Waals surface area contributed by atoms with Crippen molar-refractivity contribution in [3.05, 3.63) is 23.8 Å². The van der Waals surface area contributed by atoms with E-state index in [1.807, 2.05) is 0 Å². The topological polar surface area (TPSA) is 85.2 Å². The van der Waals surface area contributed by atoms with Crippen molar-refractivity contribution in [2.75, 3.05) is 21.3 Å². The number of aromatic hydroxyl groups is 1. The fourth-order valence-corrected chi connectivity index (χ4v) is 2.08. The molecule has 0 bridgehead atoms. The van der Waals surface area contributed by atoms with Gasteiger partial charge in [0.1, 0.15) is 11.3 Å². The number of fused-ring (bicyclic) bond motifs is 1. The van der Waals surface area contributed by atoms with Crippen LogP contribution in [0.25, 0.3) is 10.8 Å². The number of carboxylic acid groups (broad SMARTS) is 1. The van der Waals surface area contributed by atoms with E-state index in [1.165, 1.54) is 33.5 Å². The van der Waals surface area contributed by atoms with Crippen LogP contribution in [0.15, 0.2) is 18.2 Å². The summed E-state index contributed by atoms with van der Waals surface area (Å²) in [6, 6.07) is 4.33. The maximum Gasteiger partial charge on any atom is 0.339 e. The number of hydrogen-bond acceptors (Lipinski definition) is 5. The van der Waals surface area contributed by atoms with Gasteiger partial charge in [-0.1, -0.05) is 0 Å². The Labute approximate surface area is 115 Å². The second-order valence-electron chi connectivity index (χ2n) is 4.04. The molecule has 0 fully saturated rings. The molecule has 106 valence electrons. The fourth-order valence-electron chi connectivity index (χ4n) is 2.08. The van der Waals surface area contributed by atoms with Crippen LogP contribution in [0.2, 0.25) is 0 Å². The van der Waals surface area contributed by atoms with Crippen LogP contribution in [0.3, 0.4) is 0 Å². The molecule has 2 aromatic carbocycles. The maximum atomic E-state index is 11.1. The fraction of sp³-hybridized carbons (Fsp3) is 0.214. The van der Waals surface area contributed by atoms with Crippen molar-refractivity contribution >= 4 is 16.7 Å². The normalized spacial score (nSPS) is 10.3. The predicted octanol–water partition coefficient (Wildman–Crippen LogP) is 2.27. The highest BCUT2D eigenvalue weighted by atomic mass is 16.5. The molecule has 0 saturated carbocycles. The van der Waals surface area contributed by atoms with Gasteiger partial charge in [-0.3, -0.25) is 0 Å². The van der Waals surface area contributed by atoms with E-state index < -0.39 is 5.97 Å². The molecule has 0 spiro atoms. The van der Waals surface area contributed by atoms with Gasteiger partial charge in [0, 0.05) is 5.39 Å². The van der Waals surface area contributed by atoms with E-state index in [2.05, 4.69) is 0 Å². The number of carboxylic acids is 1. The number of carbonyl (C=O) groups is 1. The Kier molecular flexibility index (Phi) is 3.56. The van der Waals surface area contributed by atoms with E-state index in [0.717, 1.165) is 0 Å². The zero-order valence-corrected chi connectivity index (χ0v) is 11.3. The van der Waals surface area contributed by atoms with Gasteiger partial charge in [0.25, 0.3) is 0 Å². The van der Waals surface area contributed by atoms with Gasteiger partial charge in [-0.25, -0.2) is 4.79 Å². The molecule has 0 heterocycles. The molecule has 0 saturated heterocycles. The van der Waals surface area contributed by atoms with Crippen LogP contribution >= 0.6 is 0 Å². The van der Waals surface area contributed by atoms with Crippen LogP contribution in [0.4, 0.5) is 0 Å². The predicted molar refractivity (Wildman–Crippen MR) is 72.2 cm³/mol. The third-order valence-electron chi connectivity index (χ3n) is 2.99. The summed E-state index contributed by atoms with van der Waals surface area (Å²) in [5.74, 6) is -0.395. The van der Waals surface area contributed by atoms with Gasteiger partial charge in [0.05, 0.1) is 21.3 Å². The van der Waals surface area contributed by atoms with Crippen molar-refractivity contribution < 1.29 is 29.2 Å². The standard InChI is InChI=1S/C14H14O6/c1-18-11-5-7-4-10(15)9(14(16)17)6-8(7)12(19-2)13(11)20-3/h4-6,15H,1-3H3,(H,16,17). The summed E-state index contributed by atoms with van der Waals surface area (Å²) < 4.78 is 15.7. The molecule has 0 aliphatic carbocycles. The highest BCUT2D eigenvalue weighted by molar-refractivity contribution is 6.01. The minimum atomic E-state index is -1.22. The zero-order valence-electron chi connectivity index (χ0n) is 11.3. The molecule has 20 heavy (non-hydrogen) atoms. The summed E-state index contributed by atoms with van der Waals surface area (Å²) in [6.45, 7) is 0. The Hall–Kier alpha value is -2.63. The van der Waals surface area contributed by atoms with Crippen LogP contribution in [-0.2, 0) is 0 Å². The maximum absolute atomic E-state index is 11.1. The lowest BCUT2D eigenvalue weighted by Crippen LogP contribution is -1.99. The highest BCUT2D eigenvalue weighted by Crippen LogP contribution is 2.44. The molecule has 0 aliphatic heterocycles. The van der Waals surface area contributed by atoms with Gasteiger partial charge in [-0.15, -0.1) is 0 Å². The Morgan fingerprint density at radius 1 is 1.00 bits per heavy atom. The molecule has 2 N–H and O–H groups in total. The van der Waals surface area contributed by atoms with Crippen molar-refractivity contribution in [1.82, 2.24) is 0 Å². The lowest BCUT2D eigenvalue weighted by molar-refractivity contribution is 0.0694. The summed E-state index contributed by atoms with van der Waals surface area (Å²) in [7, 11) is 4.39. The van der Waals surface area contributed by atoms with Crippen LogP contribution in [-0.4, -0.2) is 37.5 Å². The van der Waals surface area contributed by atoms with Crippen LogP contribution in [0.5, 0.6) is 23.0 Å². The Bertz CT molecular complexity index is 677. The van der Waals surface area contributed by atoms with E-state index in [0.29, 0.717) is 28.0 Å². The molecule has 0 radical (unpaired) electrons. The van der Waals surface area contributed by atoms with Crippen LogP contribution in [0.1, 0.15) is 10.4 Å². The van der Waals surface area contributed by atoms with Crippen LogP contribution in [0, 0.1) is 0 Å². The van der Waals surface area contributed by atoms with E-state index in [1.54, 1.807) is 6.07 Å². The molecule has 2 aromatic rings. The molecule has 0 aliphatic rings. The molecular formula is C14H14O6. The lowest BCUT2D eigenvalue weighted by Gasteiger charge is -2.15. The van der Waals surface area contributed by atoms with Crippen molar-refractivity contribution in [3.63, 3.8) is 0 Å². The molecule has 0 aromatic heterocycles. The molecule has 0 amide bonds. The van der Waals surface area contributed by atoms with E-state index >= 15 is 0 Å². The summed E-state index contributed by atoms with van der Waals surface area (Å²) in [5.41, 5.74) is -0.206. The van der Waals surface area contributed by atoms with Gasteiger partial charge < -0.3 is 24.4 Å². The van der Waals surface area contributed by atoms with Crippen LogP contribution < -0.4 is 14.2 Å². The SMILES string of the molecule is COc1cc2cc(O)c(C(=O)O)cc2c(OC)c1OC. The van der Waals surface area contributed by atoms with E-state index in [9.17, 15) is 9.90 Å².